The van der Waals surface area contributed by atoms with Gasteiger partial charge in [0.25, 0.3) is 0 Å². The van der Waals surface area contributed by atoms with Crippen LogP contribution < -0.4 is 5.32 Å². The van der Waals surface area contributed by atoms with Gasteiger partial charge in [-0.1, -0.05) is 13.8 Å². The lowest BCUT2D eigenvalue weighted by molar-refractivity contribution is -0.186. The summed E-state index contributed by atoms with van der Waals surface area (Å²) in [4.78, 5) is 39.3. The van der Waals surface area contributed by atoms with Crippen molar-refractivity contribution in [3.8, 4) is 0 Å². The molecule has 0 aromatic rings. The number of rotatable bonds is 5. The third kappa shape index (κ3) is 5.59. The first-order valence-corrected chi connectivity index (χ1v) is 9.58. The minimum absolute atomic E-state index is 0.106. The SMILES string of the molecule is CC(C)C[C@@H](NC(=O)C1CCCN1C(=O)C(F)(F)F)C(=O)N1CCCCC1. The van der Waals surface area contributed by atoms with E-state index in [0.717, 1.165) is 19.3 Å². The lowest BCUT2D eigenvalue weighted by atomic mass is 10.0. The predicted molar refractivity (Wildman–Crippen MR) is 92.6 cm³/mol. The Hall–Kier alpha value is -1.80. The highest BCUT2D eigenvalue weighted by Crippen LogP contribution is 2.26. The van der Waals surface area contributed by atoms with Crippen LogP contribution in [-0.4, -0.2) is 65.4 Å². The summed E-state index contributed by atoms with van der Waals surface area (Å²) in [6.45, 7) is 4.98. The van der Waals surface area contributed by atoms with E-state index in [2.05, 4.69) is 5.32 Å². The van der Waals surface area contributed by atoms with E-state index in [-0.39, 0.29) is 24.8 Å². The fourth-order valence-electron chi connectivity index (χ4n) is 3.74. The molecule has 2 atom stereocenters. The molecule has 1 N–H and O–H groups in total. The summed E-state index contributed by atoms with van der Waals surface area (Å²) in [5, 5.41) is 2.63. The Bertz CT molecular complexity index is 560. The quantitative estimate of drug-likeness (QED) is 0.780. The van der Waals surface area contributed by atoms with Gasteiger partial charge in [-0.2, -0.15) is 13.2 Å². The van der Waals surface area contributed by atoms with Crippen molar-refractivity contribution in [2.45, 2.75) is 70.6 Å². The van der Waals surface area contributed by atoms with Crippen LogP contribution in [0.4, 0.5) is 13.2 Å². The van der Waals surface area contributed by atoms with E-state index in [0.29, 0.717) is 30.8 Å². The zero-order valence-corrected chi connectivity index (χ0v) is 15.8. The van der Waals surface area contributed by atoms with E-state index in [1.54, 1.807) is 4.90 Å². The second-order valence-electron chi connectivity index (χ2n) is 7.73. The number of amides is 3. The van der Waals surface area contributed by atoms with Gasteiger partial charge >= 0.3 is 12.1 Å². The Balaban J connectivity index is 2.08. The van der Waals surface area contributed by atoms with Gasteiger partial charge < -0.3 is 15.1 Å². The second kappa shape index (κ2) is 8.93. The van der Waals surface area contributed by atoms with Crippen molar-refractivity contribution in [2.75, 3.05) is 19.6 Å². The van der Waals surface area contributed by atoms with Crippen LogP contribution in [0.3, 0.4) is 0 Å². The molecular formula is C18H28F3N3O3. The summed E-state index contributed by atoms with van der Waals surface area (Å²) in [5.74, 6) is -2.74. The maximum Gasteiger partial charge on any atom is 0.471 e. The predicted octanol–water partition coefficient (Wildman–Crippen LogP) is 2.08. The summed E-state index contributed by atoms with van der Waals surface area (Å²) >= 11 is 0. The number of piperidine rings is 1. The van der Waals surface area contributed by atoms with Gasteiger partial charge in [-0.15, -0.1) is 0 Å². The molecule has 0 radical (unpaired) electrons. The topological polar surface area (TPSA) is 69.7 Å². The van der Waals surface area contributed by atoms with Crippen molar-refractivity contribution in [1.82, 2.24) is 15.1 Å². The van der Waals surface area contributed by atoms with E-state index < -0.39 is 30.1 Å². The number of alkyl halides is 3. The summed E-state index contributed by atoms with van der Waals surface area (Å²) in [5.41, 5.74) is 0. The number of nitrogens with zero attached hydrogens (tertiary/aromatic N) is 2. The van der Waals surface area contributed by atoms with Crippen molar-refractivity contribution in [3.05, 3.63) is 0 Å². The van der Waals surface area contributed by atoms with Crippen molar-refractivity contribution >= 4 is 17.7 Å². The molecule has 2 aliphatic rings. The summed E-state index contributed by atoms with van der Waals surface area (Å²) in [7, 11) is 0. The van der Waals surface area contributed by atoms with Gasteiger partial charge in [-0.3, -0.25) is 14.4 Å². The lowest BCUT2D eigenvalue weighted by Crippen LogP contribution is -2.56. The van der Waals surface area contributed by atoms with Crippen LogP contribution in [0.1, 0.15) is 52.4 Å². The number of carbonyl (C=O) groups is 3. The Morgan fingerprint density at radius 2 is 1.67 bits per heavy atom. The second-order valence-corrected chi connectivity index (χ2v) is 7.73. The molecule has 27 heavy (non-hydrogen) atoms. The first kappa shape index (κ1) is 21.5. The average molecular weight is 391 g/mol. The molecule has 0 aromatic carbocycles. The van der Waals surface area contributed by atoms with Gasteiger partial charge in [0.15, 0.2) is 0 Å². The van der Waals surface area contributed by atoms with Crippen LogP contribution in [0.2, 0.25) is 0 Å². The van der Waals surface area contributed by atoms with Crippen molar-refractivity contribution in [2.24, 2.45) is 5.92 Å². The normalized spacial score (nSPS) is 22.1. The third-order valence-electron chi connectivity index (χ3n) is 5.05. The number of halogens is 3. The maximum atomic E-state index is 12.8. The molecule has 2 fully saturated rings. The average Bonchev–Trinajstić information content (AvgIpc) is 3.09. The molecular weight excluding hydrogens is 363 g/mol. The van der Waals surface area contributed by atoms with Gasteiger partial charge in [0, 0.05) is 19.6 Å². The van der Waals surface area contributed by atoms with Gasteiger partial charge in [-0.05, 0) is 44.4 Å². The first-order valence-electron chi connectivity index (χ1n) is 9.58. The zero-order chi connectivity index (χ0) is 20.2. The fourth-order valence-corrected chi connectivity index (χ4v) is 3.74. The van der Waals surface area contributed by atoms with Gasteiger partial charge in [0.2, 0.25) is 11.8 Å². The van der Waals surface area contributed by atoms with E-state index in [1.807, 2.05) is 13.8 Å². The fraction of sp³-hybridized carbons (Fsp3) is 0.833. The van der Waals surface area contributed by atoms with Gasteiger partial charge in [0.05, 0.1) is 0 Å². The summed E-state index contributed by atoms with van der Waals surface area (Å²) in [6.07, 6.45) is -1.24. The Labute approximate surface area is 157 Å². The maximum absolute atomic E-state index is 12.8. The molecule has 2 saturated heterocycles. The van der Waals surface area contributed by atoms with Crippen LogP contribution in [0.5, 0.6) is 0 Å². The number of nitrogens with one attached hydrogen (secondary N) is 1. The molecule has 154 valence electrons. The highest BCUT2D eigenvalue weighted by molar-refractivity contribution is 5.93. The molecule has 0 bridgehead atoms. The lowest BCUT2D eigenvalue weighted by Gasteiger charge is -2.32. The van der Waals surface area contributed by atoms with E-state index >= 15 is 0 Å². The Morgan fingerprint density at radius 1 is 1.04 bits per heavy atom. The van der Waals surface area contributed by atoms with Crippen LogP contribution in [0.15, 0.2) is 0 Å². The smallest absolute Gasteiger partial charge is 0.342 e. The number of likely N-dealkylation sites (tertiary alicyclic amines) is 2. The molecule has 6 nitrogen and oxygen atoms in total. The summed E-state index contributed by atoms with van der Waals surface area (Å²) in [6, 6.07) is -1.96. The zero-order valence-electron chi connectivity index (χ0n) is 15.8. The Morgan fingerprint density at radius 3 is 2.22 bits per heavy atom. The standard InChI is InChI=1S/C18H28F3N3O3/c1-12(2)11-13(16(26)23-8-4-3-5-9-23)22-15(25)14-7-6-10-24(14)17(27)18(19,20)21/h12-14H,3-11H2,1-2H3,(H,22,25)/t13-,14?/m1/s1. The molecule has 0 aliphatic carbocycles. The number of carbonyl (C=O) groups excluding carboxylic acids is 3. The molecule has 0 spiro atoms. The molecule has 2 heterocycles. The Kier molecular flexibility index (Phi) is 7.11. The molecule has 2 rings (SSSR count). The molecule has 2 aliphatic heterocycles. The van der Waals surface area contributed by atoms with E-state index in [4.69, 9.17) is 0 Å². The molecule has 0 aromatic heterocycles. The van der Waals surface area contributed by atoms with Crippen LogP contribution in [0.25, 0.3) is 0 Å². The summed E-state index contributed by atoms with van der Waals surface area (Å²) < 4.78 is 38.3. The molecule has 3 amide bonds. The monoisotopic (exact) mass is 391 g/mol. The van der Waals surface area contributed by atoms with E-state index in [9.17, 15) is 27.6 Å². The van der Waals surface area contributed by atoms with Crippen LogP contribution in [0, 0.1) is 5.92 Å². The largest absolute Gasteiger partial charge is 0.471 e. The third-order valence-corrected chi connectivity index (χ3v) is 5.05. The van der Waals surface area contributed by atoms with Crippen molar-refractivity contribution < 1.29 is 27.6 Å². The van der Waals surface area contributed by atoms with Gasteiger partial charge in [-0.25, -0.2) is 0 Å². The minimum Gasteiger partial charge on any atom is -0.342 e. The molecule has 0 saturated carbocycles. The minimum atomic E-state index is -5.01. The highest BCUT2D eigenvalue weighted by Gasteiger charge is 2.48. The highest BCUT2D eigenvalue weighted by atomic mass is 19.4. The van der Waals surface area contributed by atoms with E-state index in [1.165, 1.54) is 0 Å². The molecule has 1 unspecified atom stereocenters. The molecule has 9 heteroatoms. The number of hydrogen-bond acceptors (Lipinski definition) is 3. The van der Waals surface area contributed by atoms with Crippen LogP contribution in [-0.2, 0) is 14.4 Å². The number of hydrogen-bond donors (Lipinski definition) is 1. The first-order chi connectivity index (χ1) is 12.6. The van der Waals surface area contributed by atoms with Crippen LogP contribution >= 0.6 is 0 Å². The van der Waals surface area contributed by atoms with Crippen molar-refractivity contribution in [3.63, 3.8) is 0 Å². The van der Waals surface area contributed by atoms with Gasteiger partial charge in [0.1, 0.15) is 12.1 Å². The van der Waals surface area contributed by atoms with Crippen molar-refractivity contribution in [1.29, 1.82) is 0 Å².